The van der Waals surface area contributed by atoms with Crippen molar-refractivity contribution in [3.63, 3.8) is 0 Å². The van der Waals surface area contributed by atoms with E-state index in [-0.39, 0.29) is 0 Å². The van der Waals surface area contributed by atoms with Crippen molar-refractivity contribution in [3.8, 4) is 6.07 Å². The van der Waals surface area contributed by atoms with Crippen molar-refractivity contribution in [3.05, 3.63) is 60.7 Å². The highest BCUT2D eigenvalue weighted by Crippen LogP contribution is 2.20. The number of hydrogen-bond donors (Lipinski definition) is 0. The predicted octanol–water partition coefficient (Wildman–Crippen LogP) is 2.57. The van der Waals surface area contributed by atoms with Crippen LogP contribution in [0.3, 0.4) is 0 Å². The SMILES string of the molecule is N#Cc1cccc2ncn(-n3cnc4ccccc43)c12. The van der Waals surface area contributed by atoms with Crippen LogP contribution in [0.4, 0.5) is 0 Å². The Hall–Kier alpha value is -3.13. The molecule has 4 aromatic rings. The van der Waals surface area contributed by atoms with Crippen LogP contribution in [0.15, 0.2) is 55.1 Å². The van der Waals surface area contributed by atoms with E-state index in [1.54, 1.807) is 18.7 Å². The summed E-state index contributed by atoms with van der Waals surface area (Å²) in [7, 11) is 0. The van der Waals surface area contributed by atoms with Gasteiger partial charge in [0.1, 0.15) is 24.2 Å². The average molecular weight is 259 g/mol. The molecule has 2 heterocycles. The first-order chi connectivity index (χ1) is 9.88. The van der Waals surface area contributed by atoms with E-state index in [1.807, 2.05) is 45.8 Å². The van der Waals surface area contributed by atoms with Crippen LogP contribution in [0.25, 0.3) is 22.1 Å². The highest BCUT2D eigenvalue weighted by atomic mass is 15.5. The molecule has 0 bridgehead atoms. The summed E-state index contributed by atoms with van der Waals surface area (Å²) in [5, 5.41) is 9.27. The van der Waals surface area contributed by atoms with Gasteiger partial charge in [0.2, 0.25) is 0 Å². The van der Waals surface area contributed by atoms with Crippen LogP contribution < -0.4 is 0 Å². The number of aromatic nitrogens is 4. The van der Waals surface area contributed by atoms with E-state index in [0.29, 0.717) is 5.56 Å². The fraction of sp³-hybridized carbons (Fsp3) is 0. The molecule has 0 radical (unpaired) electrons. The molecule has 0 saturated heterocycles. The van der Waals surface area contributed by atoms with Gasteiger partial charge in [0.25, 0.3) is 0 Å². The zero-order chi connectivity index (χ0) is 13.5. The van der Waals surface area contributed by atoms with Gasteiger partial charge in [-0.05, 0) is 24.3 Å². The molecule has 2 aromatic carbocycles. The minimum Gasteiger partial charge on any atom is -0.235 e. The number of benzene rings is 2. The fourth-order valence-electron chi connectivity index (χ4n) is 2.42. The lowest BCUT2D eigenvalue weighted by Crippen LogP contribution is -2.06. The molecular weight excluding hydrogens is 250 g/mol. The Bertz CT molecular complexity index is 971. The summed E-state index contributed by atoms with van der Waals surface area (Å²) >= 11 is 0. The van der Waals surface area contributed by atoms with E-state index in [4.69, 9.17) is 0 Å². The second kappa shape index (κ2) is 3.93. The van der Waals surface area contributed by atoms with Gasteiger partial charge in [0.05, 0.1) is 22.1 Å². The minimum absolute atomic E-state index is 0.595. The molecule has 20 heavy (non-hydrogen) atoms. The molecule has 4 rings (SSSR count). The van der Waals surface area contributed by atoms with E-state index in [9.17, 15) is 5.26 Å². The maximum atomic E-state index is 9.27. The first kappa shape index (κ1) is 10.8. The minimum atomic E-state index is 0.595. The smallest absolute Gasteiger partial charge is 0.116 e. The summed E-state index contributed by atoms with van der Waals surface area (Å²) in [5.74, 6) is 0. The fourth-order valence-corrected chi connectivity index (χ4v) is 2.42. The monoisotopic (exact) mass is 259 g/mol. The number of rotatable bonds is 1. The molecule has 0 fully saturated rings. The molecule has 0 atom stereocenters. The van der Waals surface area contributed by atoms with Gasteiger partial charge >= 0.3 is 0 Å². The summed E-state index contributed by atoms with van der Waals surface area (Å²) in [4.78, 5) is 8.72. The van der Waals surface area contributed by atoms with Gasteiger partial charge in [-0.1, -0.05) is 18.2 Å². The molecule has 0 amide bonds. The van der Waals surface area contributed by atoms with Gasteiger partial charge in [0, 0.05) is 0 Å². The van der Waals surface area contributed by atoms with Crippen molar-refractivity contribution in [2.75, 3.05) is 0 Å². The number of nitriles is 1. The summed E-state index contributed by atoms with van der Waals surface area (Å²) in [5.41, 5.74) is 4.06. The molecule has 94 valence electrons. The molecule has 0 spiro atoms. The zero-order valence-corrected chi connectivity index (χ0v) is 10.4. The topological polar surface area (TPSA) is 59.4 Å². The molecule has 2 aromatic heterocycles. The largest absolute Gasteiger partial charge is 0.235 e. The standard InChI is InChI=1S/C15H9N5/c16-8-11-4-3-6-13-15(11)20(10-18-13)19-9-17-12-5-1-2-7-14(12)19/h1-7,9-10H. The average Bonchev–Trinajstić information content (AvgIpc) is 3.10. The Kier molecular flexibility index (Phi) is 2.12. The van der Waals surface area contributed by atoms with E-state index >= 15 is 0 Å². The lowest BCUT2D eigenvalue weighted by molar-refractivity contribution is 0.701. The van der Waals surface area contributed by atoms with Gasteiger partial charge in [-0.25, -0.2) is 19.3 Å². The molecule has 5 heteroatoms. The second-order valence-electron chi connectivity index (χ2n) is 4.45. The normalized spacial score (nSPS) is 10.9. The molecule has 0 aliphatic rings. The first-order valence-electron chi connectivity index (χ1n) is 6.17. The van der Waals surface area contributed by atoms with Crippen molar-refractivity contribution in [2.45, 2.75) is 0 Å². The van der Waals surface area contributed by atoms with Crippen molar-refractivity contribution in [1.29, 1.82) is 5.26 Å². The Morgan fingerprint density at radius 1 is 0.850 bits per heavy atom. The third kappa shape index (κ3) is 1.36. The van der Waals surface area contributed by atoms with Crippen LogP contribution in [0.5, 0.6) is 0 Å². The molecule has 0 aliphatic heterocycles. The van der Waals surface area contributed by atoms with Crippen LogP contribution in [0.2, 0.25) is 0 Å². The number of imidazole rings is 2. The lowest BCUT2D eigenvalue weighted by Gasteiger charge is -2.07. The summed E-state index contributed by atoms with van der Waals surface area (Å²) in [6, 6.07) is 15.6. The summed E-state index contributed by atoms with van der Waals surface area (Å²) in [6.45, 7) is 0. The Morgan fingerprint density at radius 2 is 1.60 bits per heavy atom. The van der Waals surface area contributed by atoms with Crippen molar-refractivity contribution < 1.29 is 0 Å². The second-order valence-corrected chi connectivity index (χ2v) is 4.45. The molecule has 0 unspecified atom stereocenters. The van der Waals surface area contributed by atoms with Crippen molar-refractivity contribution in [1.82, 2.24) is 19.3 Å². The van der Waals surface area contributed by atoms with Crippen LogP contribution in [-0.4, -0.2) is 19.3 Å². The maximum absolute atomic E-state index is 9.27. The first-order valence-corrected chi connectivity index (χ1v) is 6.17. The number of hydrogen-bond acceptors (Lipinski definition) is 3. The highest BCUT2D eigenvalue weighted by Gasteiger charge is 2.11. The highest BCUT2D eigenvalue weighted by molar-refractivity contribution is 5.83. The van der Waals surface area contributed by atoms with Crippen molar-refractivity contribution in [2.24, 2.45) is 0 Å². The summed E-state index contributed by atoms with van der Waals surface area (Å²) < 4.78 is 3.74. The quantitative estimate of drug-likeness (QED) is 0.528. The van der Waals surface area contributed by atoms with E-state index in [0.717, 1.165) is 22.1 Å². The van der Waals surface area contributed by atoms with Crippen molar-refractivity contribution >= 4 is 22.1 Å². The molecule has 0 N–H and O–H groups in total. The van der Waals surface area contributed by atoms with E-state index < -0.39 is 0 Å². The number of para-hydroxylation sites is 3. The predicted molar refractivity (Wildman–Crippen MR) is 75.0 cm³/mol. The zero-order valence-electron chi connectivity index (χ0n) is 10.4. The molecular formula is C15H9N5. The van der Waals surface area contributed by atoms with Crippen LogP contribution >= 0.6 is 0 Å². The van der Waals surface area contributed by atoms with Gasteiger partial charge in [-0.2, -0.15) is 5.26 Å². The van der Waals surface area contributed by atoms with Gasteiger partial charge in [-0.15, -0.1) is 0 Å². The van der Waals surface area contributed by atoms with Crippen LogP contribution in [-0.2, 0) is 0 Å². The molecule has 0 aliphatic carbocycles. The summed E-state index contributed by atoms with van der Waals surface area (Å²) in [6.07, 6.45) is 3.44. The van der Waals surface area contributed by atoms with Gasteiger partial charge < -0.3 is 0 Å². The number of nitrogens with zero attached hydrogens (tertiary/aromatic N) is 5. The Labute approximate surface area is 114 Å². The lowest BCUT2D eigenvalue weighted by atomic mass is 10.2. The van der Waals surface area contributed by atoms with E-state index in [1.165, 1.54) is 0 Å². The van der Waals surface area contributed by atoms with Crippen LogP contribution in [0, 0.1) is 11.3 Å². The third-order valence-corrected chi connectivity index (χ3v) is 3.34. The van der Waals surface area contributed by atoms with Crippen LogP contribution in [0.1, 0.15) is 5.56 Å². The maximum Gasteiger partial charge on any atom is 0.116 e. The third-order valence-electron chi connectivity index (χ3n) is 3.34. The Morgan fingerprint density at radius 3 is 2.50 bits per heavy atom. The molecule has 5 nitrogen and oxygen atoms in total. The van der Waals surface area contributed by atoms with Gasteiger partial charge in [0.15, 0.2) is 0 Å². The number of fused-ring (bicyclic) bond motifs is 2. The Balaban J connectivity index is 2.11. The molecule has 0 saturated carbocycles. The van der Waals surface area contributed by atoms with Gasteiger partial charge in [-0.3, -0.25) is 0 Å². The van der Waals surface area contributed by atoms with E-state index in [2.05, 4.69) is 16.0 Å².